The zero-order chi connectivity index (χ0) is 26.3. The largest absolute Gasteiger partial charge is 0.379 e. The number of aromatic nitrogens is 2. The van der Waals surface area contributed by atoms with Gasteiger partial charge in [0.15, 0.2) is 0 Å². The minimum absolute atomic E-state index is 0.134. The van der Waals surface area contributed by atoms with Crippen molar-refractivity contribution < 1.29 is 9.53 Å². The van der Waals surface area contributed by atoms with Gasteiger partial charge in [0.05, 0.1) is 30.7 Å². The van der Waals surface area contributed by atoms with E-state index >= 15 is 0 Å². The minimum Gasteiger partial charge on any atom is -0.379 e. The average Bonchev–Trinajstić information content (AvgIpc) is 3.33. The zero-order valence-corrected chi connectivity index (χ0v) is 23.4. The number of likely N-dealkylation sites (N-methyl/N-ethyl adjacent to an activating group) is 1. The Morgan fingerprint density at radius 2 is 1.92 bits per heavy atom. The molecule has 1 saturated heterocycles. The van der Waals surface area contributed by atoms with Gasteiger partial charge in [0, 0.05) is 36.6 Å². The molecule has 1 aromatic heterocycles. The van der Waals surface area contributed by atoms with Crippen LogP contribution in [0.3, 0.4) is 0 Å². The van der Waals surface area contributed by atoms with Crippen LogP contribution in [0.15, 0.2) is 17.1 Å². The van der Waals surface area contributed by atoms with E-state index in [2.05, 4.69) is 56.8 Å². The molecule has 2 heterocycles. The molecular weight excluding hydrogens is 462 g/mol. The highest BCUT2D eigenvalue weighted by molar-refractivity contribution is 6.03. The molecule has 0 radical (unpaired) electrons. The number of aromatic amines is 1. The predicted molar refractivity (Wildman–Crippen MR) is 149 cm³/mol. The molecule has 1 saturated carbocycles. The summed E-state index contributed by atoms with van der Waals surface area (Å²) in [5.41, 5.74) is 8.91. The maximum absolute atomic E-state index is 13.6. The minimum atomic E-state index is -0.184. The van der Waals surface area contributed by atoms with Gasteiger partial charge in [0.1, 0.15) is 5.69 Å². The molecule has 200 valence electrons. The van der Waals surface area contributed by atoms with Gasteiger partial charge < -0.3 is 9.64 Å². The Hall–Kier alpha value is -2.51. The molecule has 3 aliphatic rings. The molecule has 4 atom stereocenters. The van der Waals surface area contributed by atoms with Crippen LogP contribution in [0.25, 0.3) is 0 Å². The number of ether oxygens (including phenoxy) is 1. The van der Waals surface area contributed by atoms with Crippen LogP contribution in [0.2, 0.25) is 0 Å². The summed E-state index contributed by atoms with van der Waals surface area (Å²) in [6.07, 6.45) is 4.13. The highest BCUT2D eigenvalue weighted by atomic mass is 16.5. The van der Waals surface area contributed by atoms with Gasteiger partial charge in [-0.2, -0.15) is 5.10 Å². The summed E-state index contributed by atoms with van der Waals surface area (Å²) in [5.74, 6) is 2.58. The first-order chi connectivity index (χ1) is 17.8. The second-order valence-electron chi connectivity index (χ2n) is 11.3. The lowest BCUT2D eigenvalue weighted by Crippen LogP contribution is -2.51. The van der Waals surface area contributed by atoms with Crippen LogP contribution in [0.4, 0.5) is 11.4 Å². The molecule has 1 N–H and O–H groups in total. The molecule has 7 nitrogen and oxygen atoms in total. The van der Waals surface area contributed by atoms with Crippen molar-refractivity contribution in [2.75, 3.05) is 37.7 Å². The fourth-order valence-electron chi connectivity index (χ4n) is 6.45. The van der Waals surface area contributed by atoms with E-state index in [1.807, 2.05) is 11.8 Å². The van der Waals surface area contributed by atoms with Crippen LogP contribution in [-0.2, 0) is 22.4 Å². The van der Waals surface area contributed by atoms with Crippen molar-refractivity contribution in [1.82, 2.24) is 15.1 Å². The lowest BCUT2D eigenvalue weighted by atomic mass is 9.93. The summed E-state index contributed by atoms with van der Waals surface area (Å²) in [4.78, 5) is 23.0. The summed E-state index contributed by atoms with van der Waals surface area (Å²) in [6, 6.07) is 4.10. The molecule has 7 heteroatoms. The molecule has 1 amide bonds. The van der Waals surface area contributed by atoms with E-state index in [1.54, 1.807) is 0 Å². The number of aliphatic imine (C=N–C) groups is 1. The van der Waals surface area contributed by atoms with Crippen molar-refractivity contribution >= 4 is 23.0 Å². The SMILES string of the molecule is CCCC(=Nc1cc(N(CC)C(=O)C(C)N2CCOCC2)c(C)cc1C)c1n[nH]c2c1CC1C(C2)[C@H]1C. The predicted octanol–water partition coefficient (Wildman–Crippen LogP) is 5.00. The number of carbonyl (C=O) groups is 1. The number of hydrogen-bond acceptors (Lipinski definition) is 5. The number of aryl methyl sites for hydroxylation is 2. The Morgan fingerprint density at radius 1 is 1.19 bits per heavy atom. The Balaban J connectivity index is 1.47. The first kappa shape index (κ1) is 26.1. The van der Waals surface area contributed by atoms with Crippen LogP contribution in [0.1, 0.15) is 68.6 Å². The van der Waals surface area contributed by atoms with Crippen LogP contribution >= 0.6 is 0 Å². The second kappa shape index (κ2) is 10.7. The fraction of sp³-hybridized carbons (Fsp3) is 0.633. The van der Waals surface area contributed by atoms with Gasteiger partial charge in [-0.1, -0.05) is 26.3 Å². The van der Waals surface area contributed by atoms with E-state index in [4.69, 9.17) is 14.8 Å². The zero-order valence-electron chi connectivity index (χ0n) is 23.4. The van der Waals surface area contributed by atoms with Gasteiger partial charge in [-0.3, -0.25) is 19.8 Å². The monoisotopic (exact) mass is 505 g/mol. The molecule has 2 aliphatic carbocycles. The molecule has 2 fully saturated rings. The van der Waals surface area contributed by atoms with Gasteiger partial charge in [-0.05, 0) is 81.9 Å². The number of amides is 1. The molecule has 0 spiro atoms. The number of morpholine rings is 1. The van der Waals surface area contributed by atoms with Gasteiger partial charge >= 0.3 is 0 Å². The van der Waals surface area contributed by atoms with Crippen molar-refractivity contribution in [3.63, 3.8) is 0 Å². The molecule has 0 bridgehead atoms. The number of rotatable bonds is 8. The Bertz CT molecular complexity index is 1180. The van der Waals surface area contributed by atoms with E-state index in [-0.39, 0.29) is 11.9 Å². The van der Waals surface area contributed by atoms with Crippen molar-refractivity contribution in [3.05, 3.63) is 40.2 Å². The van der Waals surface area contributed by atoms with Crippen molar-refractivity contribution in [2.24, 2.45) is 22.7 Å². The van der Waals surface area contributed by atoms with Crippen LogP contribution in [0, 0.1) is 31.6 Å². The van der Waals surface area contributed by atoms with E-state index in [0.717, 1.165) is 90.4 Å². The van der Waals surface area contributed by atoms with Crippen molar-refractivity contribution in [3.8, 4) is 0 Å². The van der Waals surface area contributed by atoms with Gasteiger partial charge in [0.2, 0.25) is 5.91 Å². The fourth-order valence-corrected chi connectivity index (χ4v) is 6.45. The Morgan fingerprint density at radius 3 is 2.62 bits per heavy atom. The normalized spacial score (nSPS) is 24.4. The number of benzene rings is 1. The Kier molecular flexibility index (Phi) is 7.55. The molecule has 3 unspecified atom stereocenters. The van der Waals surface area contributed by atoms with Crippen molar-refractivity contribution in [1.29, 1.82) is 0 Å². The van der Waals surface area contributed by atoms with Crippen LogP contribution < -0.4 is 4.90 Å². The maximum atomic E-state index is 13.6. The number of nitrogens with zero attached hydrogens (tertiary/aromatic N) is 4. The molecular formula is C30H43N5O2. The number of nitrogens with one attached hydrogen (secondary N) is 1. The Labute approximate surface area is 221 Å². The molecule has 2 aromatic rings. The summed E-state index contributed by atoms with van der Waals surface area (Å²) in [5, 5.41) is 8.13. The average molecular weight is 506 g/mol. The topological polar surface area (TPSA) is 73.8 Å². The van der Waals surface area contributed by atoms with Crippen LogP contribution in [-0.4, -0.2) is 65.6 Å². The standard InChI is InChI=1S/C30H43N5O2/c1-7-9-25(29-24-15-22-20(5)23(22)16-27(24)32-33-29)31-26-17-28(19(4)14-18(26)3)35(8-2)30(36)21(6)34-10-12-37-13-11-34/h14,17,20-23H,7-13,15-16H2,1-6H3,(H,32,33)/t20-,21?,22?,23?/m0/s1. The molecule has 37 heavy (non-hydrogen) atoms. The third kappa shape index (κ3) is 5.00. The number of hydrogen-bond donors (Lipinski definition) is 1. The van der Waals surface area contributed by atoms with Gasteiger partial charge in [-0.15, -0.1) is 0 Å². The highest BCUT2D eigenvalue weighted by Gasteiger charge is 2.50. The number of carbonyl (C=O) groups excluding carboxylic acids is 1. The lowest BCUT2D eigenvalue weighted by Gasteiger charge is -2.35. The summed E-state index contributed by atoms with van der Waals surface area (Å²) in [7, 11) is 0. The second-order valence-corrected chi connectivity index (χ2v) is 11.3. The van der Waals surface area contributed by atoms with Crippen molar-refractivity contribution in [2.45, 2.75) is 73.3 Å². The van der Waals surface area contributed by atoms with Crippen LogP contribution in [0.5, 0.6) is 0 Å². The molecule has 1 aromatic carbocycles. The maximum Gasteiger partial charge on any atom is 0.244 e. The quantitative estimate of drug-likeness (QED) is 0.512. The van der Waals surface area contributed by atoms with E-state index < -0.39 is 0 Å². The van der Waals surface area contributed by atoms with Gasteiger partial charge in [0.25, 0.3) is 0 Å². The molecule has 1 aliphatic heterocycles. The first-order valence-corrected chi connectivity index (χ1v) is 14.2. The van der Waals surface area contributed by atoms with E-state index in [1.165, 1.54) is 11.3 Å². The number of fused-ring (bicyclic) bond motifs is 2. The number of H-pyrrole nitrogens is 1. The third-order valence-corrected chi connectivity index (χ3v) is 8.95. The van der Waals surface area contributed by atoms with Gasteiger partial charge in [-0.25, -0.2) is 0 Å². The van der Waals surface area contributed by atoms with E-state index in [0.29, 0.717) is 19.8 Å². The molecule has 5 rings (SSSR count). The van der Waals surface area contributed by atoms with E-state index in [9.17, 15) is 4.79 Å². The smallest absolute Gasteiger partial charge is 0.244 e. The lowest BCUT2D eigenvalue weighted by molar-refractivity contribution is -0.124. The summed E-state index contributed by atoms with van der Waals surface area (Å²) < 4.78 is 5.50. The number of anilines is 1. The summed E-state index contributed by atoms with van der Waals surface area (Å²) >= 11 is 0. The first-order valence-electron chi connectivity index (χ1n) is 14.2. The third-order valence-electron chi connectivity index (χ3n) is 8.95. The highest BCUT2D eigenvalue weighted by Crippen LogP contribution is 2.53. The summed E-state index contributed by atoms with van der Waals surface area (Å²) in [6.45, 7) is 16.4.